The van der Waals surface area contributed by atoms with Crippen LogP contribution in [0.1, 0.15) is 12.8 Å². The molecule has 1 unspecified atom stereocenters. The molecule has 1 fully saturated rings. The number of amides is 1. The van der Waals surface area contributed by atoms with Crippen molar-refractivity contribution in [1.29, 1.82) is 0 Å². The maximum Gasteiger partial charge on any atom is 0.233 e. The lowest BCUT2D eigenvalue weighted by Gasteiger charge is -2.32. The van der Waals surface area contributed by atoms with E-state index < -0.39 is 0 Å². The van der Waals surface area contributed by atoms with Gasteiger partial charge in [0, 0.05) is 37.0 Å². The summed E-state index contributed by atoms with van der Waals surface area (Å²) in [4.78, 5) is 15.0. The van der Waals surface area contributed by atoms with Crippen LogP contribution in [-0.4, -0.2) is 57.6 Å². The molecule has 0 spiro atoms. The molecule has 2 heterocycles. The number of anilines is 2. The van der Waals surface area contributed by atoms with E-state index in [2.05, 4.69) is 20.4 Å². The second-order valence-electron chi connectivity index (χ2n) is 6.62. The SMILES string of the molecule is COc1ccc(N2CCCC(C(=O)Nc3cc(OC)c(OC)c(OC)c3)C2)nn1. The lowest BCUT2D eigenvalue weighted by atomic mass is 9.97. The van der Waals surface area contributed by atoms with Gasteiger partial charge < -0.3 is 29.2 Å². The van der Waals surface area contributed by atoms with Gasteiger partial charge in [-0.15, -0.1) is 10.2 Å². The molecule has 1 aromatic carbocycles. The Morgan fingerprint density at radius 2 is 1.76 bits per heavy atom. The fraction of sp³-hybridized carbons (Fsp3) is 0.450. The molecule has 1 saturated heterocycles. The van der Waals surface area contributed by atoms with Gasteiger partial charge in [-0.3, -0.25) is 4.79 Å². The maximum absolute atomic E-state index is 12.9. The fourth-order valence-corrected chi connectivity index (χ4v) is 3.39. The highest BCUT2D eigenvalue weighted by Gasteiger charge is 2.27. The van der Waals surface area contributed by atoms with E-state index in [0.29, 0.717) is 35.4 Å². The number of nitrogens with one attached hydrogen (secondary N) is 1. The number of hydrogen-bond acceptors (Lipinski definition) is 8. The van der Waals surface area contributed by atoms with Gasteiger partial charge in [-0.1, -0.05) is 0 Å². The number of carbonyl (C=O) groups excluding carboxylic acids is 1. The van der Waals surface area contributed by atoms with Crippen LogP contribution in [0.3, 0.4) is 0 Å². The highest BCUT2D eigenvalue weighted by atomic mass is 16.5. The number of nitrogens with zero attached hydrogens (tertiary/aromatic N) is 3. The fourth-order valence-electron chi connectivity index (χ4n) is 3.39. The van der Waals surface area contributed by atoms with Gasteiger partial charge in [-0.25, -0.2) is 0 Å². The van der Waals surface area contributed by atoms with Crippen molar-refractivity contribution in [2.24, 2.45) is 5.92 Å². The Labute approximate surface area is 169 Å². The summed E-state index contributed by atoms with van der Waals surface area (Å²) in [5, 5.41) is 11.2. The molecule has 2 aromatic rings. The predicted molar refractivity (Wildman–Crippen MR) is 108 cm³/mol. The normalized spacial score (nSPS) is 16.1. The van der Waals surface area contributed by atoms with Crippen LogP contribution < -0.4 is 29.2 Å². The van der Waals surface area contributed by atoms with E-state index in [1.807, 2.05) is 6.07 Å². The summed E-state index contributed by atoms with van der Waals surface area (Å²) in [7, 11) is 6.17. The average molecular weight is 402 g/mol. The van der Waals surface area contributed by atoms with Crippen LogP contribution in [0.25, 0.3) is 0 Å². The van der Waals surface area contributed by atoms with Crippen LogP contribution >= 0.6 is 0 Å². The van der Waals surface area contributed by atoms with Gasteiger partial charge in [0.2, 0.25) is 17.5 Å². The molecule has 1 aromatic heterocycles. The minimum absolute atomic E-state index is 0.0644. The van der Waals surface area contributed by atoms with Crippen molar-refractivity contribution < 1.29 is 23.7 Å². The third-order valence-corrected chi connectivity index (χ3v) is 4.88. The lowest BCUT2D eigenvalue weighted by Crippen LogP contribution is -2.41. The second kappa shape index (κ2) is 9.31. The molecular formula is C20H26N4O5. The summed E-state index contributed by atoms with van der Waals surface area (Å²) in [6.07, 6.45) is 1.69. The largest absolute Gasteiger partial charge is 0.493 e. The molecule has 0 aliphatic carbocycles. The number of hydrogen-bond donors (Lipinski definition) is 1. The van der Waals surface area contributed by atoms with E-state index in [4.69, 9.17) is 18.9 Å². The van der Waals surface area contributed by atoms with Gasteiger partial charge in [0.1, 0.15) is 0 Å². The smallest absolute Gasteiger partial charge is 0.233 e. The van der Waals surface area contributed by atoms with Crippen LogP contribution in [-0.2, 0) is 4.79 Å². The van der Waals surface area contributed by atoms with Gasteiger partial charge in [-0.2, -0.15) is 0 Å². The number of carbonyl (C=O) groups is 1. The highest BCUT2D eigenvalue weighted by Crippen LogP contribution is 2.40. The number of methoxy groups -OCH3 is 4. The Balaban J connectivity index is 1.71. The van der Waals surface area contributed by atoms with E-state index >= 15 is 0 Å². The van der Waals surface area contributed by atoms with E-state index in [9.17, 15) is 4.79 Å². The first kappa shape index (κ1) is 20.5. The van der Waals surface area contributed by atoms with Crippen molar-refractivity contribution in [2.45, 2.75) is 12.8 Å². The zero-order valence-corrected chi connectivity index (χ0v) is 17.1. The molecule has 0 bridgehead atoms. The molecule has 9 nitrogen and oxygen atoms in total. The van der Waals surface area contributed by atoms with Gasteiger partial charge in [-0.05, 0) is 18.9 Å². The minimum Gasteiger partial charge on any atom is -0.493 e. The monoisotopic (exact) mass is 402 g/mol. The molecule has 0 saturated carbocycles. The number of ether oxygens (including phenoxy) is 4. The van der Waals surface area contributed by atoms with Crippen molar-refractivity contribution >= 4 is 17.4 Å². The van der Waals surface area contributed by atoms with Crippen molar-refractivity contribution in [3.05, 3.63) is 24.3 Å². The molecule has 1 N–H and O–H groups in total. The third-order valence-electron chi connectivity index (χ3n) is 4.88. The third kappa shape index (κ3) is 4.61. The highest BCUT2D eigenvalue weighted by molar-refractivity contribution is 5.93. The molecule has 0 radical (unpaired) electrons. The molecule has 1 aliphatic heterocycles. The minimum atomic E-state index is -0.174. The number of benzene rings is 1. The van der Waals surface area contributed by atoms with Crippen molar-refractivity contribution in [2.75, 3.05) is 51.7 Å². The van der Waals surface area contributed by atoms with Crippen molar-refractivity contribution in [3.63, 3.8) is 0 Å². The Morgan fingerprint density at radius 3 is 2.31 bits per heavy atom. The summed E-state index contributed by atoms with van der Waals surface area (Å²) in [5.41, 5.74) is 0.589. The standard InChI is InChI=1S/C20H26N4O5/c1-26-15-10-14(11-16(27-2)19(15)29-4)21-20(25)13-6-5-9-24(12-13)17-7-8-18(28-3)23-22-17/h7-8,10-11,13H,5-6,9,12H2,1-4H3,(H,21,25). The summed E-state index contributed by atoms with van der Waals surface area (Å²) < 4.78 is 21.1. The van der Waals surface area contributed by atoms with Gasteiger partial charge in [0.05, 0.1) is 34.4 Å². The van der Waals surface area contributed by atoms with E-state index in [-0.39, 0.29) is 11.8 Å². The van der Waals surface area contributed by atoms with Crippen molar-refractivity contribution in [1.82, 2.24) is 10.2 Å². The summed E-state index contributed by atoms with van der Waals surface area (Å²) >= 11 is 0. The van der Waals surface area contributed by atoms with E-state index in [1.54, 1.807) is 25.3 Å². The first-order chi connectivity index (χ1) is 14.1. The first-order valence-corrected chi connectivity index (χ1v) is 9.33. The molecule has 29 heavy (non-hydrogen) atoms. The summed E-state index contributed by atoms with van der Waals surface area (Å²) in [6, 6.07) is 7.05. The molecule has 1 aliphatic rings. The van der Waals surface area contributed by atoms with Crippen LogP contribution in [0.4, 0.5) is 11.5 Å². The first-order valence-electron chi connectivity index (χ1n) is 9.33. The molecule has 1 atom stereocenters. The predicted octanol–water partition coefficient (Wildman–Crippen LogP) is 2.37. The number of aromatic nitrogens is 2. The van der Waals surface area contributed by atoms with Gasteiger partial charge >= 0.3 is 0 Å². The Bertz CT molecular complexity index is 818. The van der Waals surface area contributed by atoms with Gasteiger partial charge in [0.25, 0.3) is 0 Å². The Morgan fingerprint density at radius 1 is 1.03 bits per heavy atom. The number of piperidine rings is 1. The summed E-state index contributed by atoms with van der Waals surface area (Å²) in [6.45, 7) is 1.40. The van der Waals surface area contributed by atoms with Crippen LogP contribution in [0.5, 0.6) is 23.1 Å². The van der Waals surface area contributed by atoms with Gasteiger partial charge in [0.15, 0.2) is 17.3 Å². The second-order valence-corrected chi connectivity index (χ2v) is 6.62. The molecular weight excluding hydrogens is 376 g/mol. The van der Waals surface area contributed by atoms with E-state index in [0.717, 1.165) is 25.2 Å². The molecule has 9 heteroatoms. The van der Waals surface area contributed by atoms with Crippen molar-refractivity contribution in [3.8, 4) is 23.1 Å². The quantitative estimate of drug-likeness (QED) is 0.754. The average Bonchev–Trinajstić information content (AvgIpc) is 2.78. The zero-order valence-electron chi connectivity index (χ0n) is 17.1. The number of rotatable bonds is 7. The Kier molecular flexibility index (Phi) is 6.58. The van der Waals surface area contributed by atoms with Crippen LogP contribution in [0, 0.1) is 5.92 Å². The topological polar surface area (TPSA) is 95.0 Å². The zero-order chi connectivity index (χ0) is 20.8. The lowest BCUT2D eigenvalue weighted by molar-refractivity contribution is -0.120. The van der Waals surface area contributed by atoms with Crippen LogP contribution in [0.2, 0.25) is 0 Å². The molecule has 3 rings (SSSR count). The molecule has 1 amide bonds. The van der Waals surface area contributed by atoms with Crippen LogP contribution in [0.15, 0.2) is 24.3 Å². The molecule has 156 valence electrons. The Hall–Kier alpha value is -3.23. The van der Waals surface area contributed by atoms with E-state index in [1.165, 1.54) is 21.3 Å². The maximum atomic E-state index is 12.9. The summed E-state index contributed by atoms with van der Waals surface area (Å²) in [5.74, 6) is 2.41.